The third-order valence-corrected chi connectivity index (χ3v) is 5.15. The van der Waals surface area contributed by atoms with E-state index >= 15 is 0 Å². The molecule has 0 aliphatic heterocycles. The Balaban J connectivity index is 1.60. The Kier molecular flexibility index (Phi) is 4.39. The van der Waals surface area contributed by atoms with Crippen molar-refractivity contribution in [2.75, 3.05) is 0 Å². The van der Waals surface area contributed by atoms with Crippen LogP contribution in [0.25, 0.3) is 0 Å². The Morgan fingerprint density at radius 2 is 2.19 bits per heavy atom. The fourth-order valence-corrected chi connectivity index (χ4v) is 3.89. The van der Waals surface area contributed by atoms with Crippen LogP contribution in [0.4, 0.5) is 0 Å². The first kappa shape index (κ1) is 14.7. The maximum absolute atomic E-state index is 12.4. The van der Waals surface area contributed by atoms with Crippen LogP contribution in [0.3, 0.4) is 0 Å². The van der Waals surface area contributed by atoms with Crippen molar-refractivity contribution < 1.29 is 9.53 Å². The zero-order chi connectivity index (χ0) is 14.8. The maximum Gasteiger partial charge on any atom is 0.261 e. The number of fused-ring (bicyclic) bond motifs is 2. The molecule has 114 valence electrons. The summed E-state index contributed by atoms with van der Waals surface area (Å²) >= 11 is 6.09. The lowest BCUT2D eigenvalue weighted by Crippen LogP contribution is -2.45. The summed E-state index contributed by atoms with van der Waals surface area (Å²) in [6.45, 7) is 1.96. The van der Waals surface area contributed by atoms with Crippen LogP contribution in [0.1, 0.15) is 39.0 Å². The van der Waals surface area contributed by atoms with Gasteiger partial charge in [-0.15, -0.1) is 0 Å². The van der Waals surface area contributed by atoms with Gasteiger partial charge >= 0.3 is 0 Å². The van der Waals surface area contributed by atoms with Crippen LogP contribution in [-0.4, -0.2) is 18.1 Å². The van der Waals surface area contributed by atoms with Gasteiger partial charge in [0.05, 0.1) is 5.02 Å². The van der Waals surface area contributed by atoms with Crippen molar-refractivity contribution in [3.8, 4) is 5.75 Å². The fourth-order valence-electron chi connectivity index (χ4n) is 3.71. The second-order valence-electron chi connectivity index (χ2n) is 6.24. The molecule has 2 saturated carbocycles. The Morgan fingerprint density at radius 3 is 2.81 bits per heavy atom. The van der Waals surface area contributed by atoms with Gasteiger partial charge in [-0.05, 0) is 49.7 Å². The number of halogens is 1. The Labute approximate surface area is 131 Å². The van der Waals surface area contributed by atoms with E-state index < -0.39 is 6.10 Å². The molecule has 4 atom stereocenters. The first-order valence-electron chi connectivity index (χ1n) is 7.89. The lowest BCUT2D eigenvalue weighted by molar-refractivity contribution is -0.129. The van der Waals surface area contributed by atoms with Crippen LogP contribution in [0, 0.1) is 11.8 Å². The normalized spacial score (nSPS) is 28.4. The van der Waals surface area contributed by atoms with Gasteiger partial charge in [0.15, 0.2) is 6.10 Å². The Hall–Kier alpha value is -1.22. The van der Waals surface area contributed by atoms with Crippen LogP contribution in [0.5, 0.6) is 5.75 Å². The number of hydrogen-bond donors (Lipinski definition) is 1. The highest BCUT2D eigenvalue weighted by molar-refractivity contribution is 6.32. The van der Waals surface area contributed by atoms with Crippen molar-refractivity contribution in [3.05, 3.63) is 29.3 Å². The van der Waals surface area contributed by atoms with E-state index in [0.717, 1.165) is 12.3 Å². The molecule has 2 aliphatic carbocycles. The standard InChI is InChI=1S/C17H22ClNO2/c1-2-15(21-16-6-4-3-5-13(16)18)17(20)19-14-10-11-7-8-12(14)9-11/h3-6,11-12,14-15H,2,7-10H2,1H3,(H,19,20)/t11-,12-,14-,15+/m0/s1. The largest absolute Gasteiger partial charge is 0.479 e. The highest BCUT2D eigenvalue weighted by Gasteiger charge is 2.40. The van der Waals surface area contributed by atoms with Crippen LogP contribution < -0.4 is 10.1 Å². The number of para-hydroxylation sites is 1. The van der Waals surface area contributed by atoms with Crippen LogP contribution in [-0.2, 0) is 4.79 Å². The van der Waals surface area contributed by atoms with Crippen molar-refractivity contribution in [1.29, 1.82) is 0 Å². The second kappa shape index (κ2) is 6.27. The molecule has 0 spiro atoms. The molecule has 0 heterocycles. The van der Waals surface area contributed by atoms with Crippen LogP contribution in [0.2, 0.25) is 5.02 Å². The molecule has 2 aliphatic rings. The molecule has 0 radical (unpaired) electrons. The summed E-state index contributed by atoms with van der Waals surface area (Å²) in [4.78, 5) is 12.4. The van der Waals surface area contributed by atoms with Gasteiger partial charge in [-0.1, -0.05) is 37.1 Å². The zero-order valence-electron chi connectivity index (χ0n) is 12.3. The van der Waals surface area contributed by atoms with Crippen LogP contribution in [0.15, 0.2) is 24.3 Å². The average molecular weight is 308 g/mol. The molecule has 2 fully saturated rings. The molecule has 1 aromatic carbocycles. The van der Waals surface area contributed by atoms with Crippen molar-refractivity contribution in [2.24, 2.45) is 11.8 Å². The molecule has 1 N–H and O–H groups in total. The van der Waals surface area contributed by atoms with Gasteiger partial charge in [0.25, 0.3) is 5.91 Å². The van der Waals surface area contributed by atoms with E-state index in [1.54, 1.807) is 12.1 Å². The van der Waals surface area contributed by atoms with Crippen molar-refractivity contribution in [2.45, 2.75) is 51.2 Å². The zero-order valence-corrected chi connectivity index (χ0v) is 13.1. The van der Waals surface area contributed by atoms with Gasteiger partial charge in [0.1, 0.15) is 5.75 Å². The molecule has 3 nitrogen and oxygen atoms in total. The maximum atomic E-state index is 12.4. The minimum absolute atomic E-state index is 0.00466. The third-order valence-electron chi connectivity index (χ3n) is 4.83. The van der Waals surface area contributed by atoms with E-state index in [-0.39, 0.29) is 5.91 Å². The fraction of sp³-hybridized carbons (Fsp3) is 0.588. The first-order valence-corrected chi connectivity index (χ1v) is 8.26. The second-order valence-corrected chi connectivity index (χ2v) is 6.64. The van der Waals surface area contributed by atoms with E-state index in [0.29, 0.717) is 29.2 Å². The molecule has 3 rings (SSSR count). The highest BCUT2D eigenvalue weighted by atomic mass is 35.5. The summed E-state index contributed by atoms with van der Waals surface area (Å²) < 4.78 is 5.80. The minimum atomic E-state index is -0.468. The van der Waals surface area contributed by atoms with Gasteiger partial charge in [-0.25, -0.2) is 0 Å². The summed E-state index contributed by atoms with van der Waals surface area (Å²) in [5.74, 6) is 2.07. The molecule has 1 aromatic rings. The Morgan fingerprint density at radius 1 is 1.38 bits per heavy atom. The molecule has 0 aromatic heterocycles. The molecule has 0 unspecified atom stereocenters. The molecular formula is C17H22ClNO2. The topological polar surface area (TPSA) is 38.3 Å². The van der Waals surface area contributed by atoms with Gasteiger partial charge in [0, 0.05) is 6.04 Å². The molecule has 4 heteroatoms. The van der Waals surface area contributed by atoms with E-state index in [4.69, 9.17) is 16.3 Å². The predicted octanol–water partition coefficient (Wildman–Crippen LogP) is 3.80. The molecular weight excluding hydrogens is 286 g/mol. The minimum Gasteiger partial charge on any atom is -0.479 e. The number of rotatable bonds is 5. The summed E-state index contributed by atoms with van der Waals surface area (Å²) in [5, 5.41) is 3.74. The summed E-state index contributed by atoms with van der Waals surface area (Å²) in [6.07, 6.45) is 5.19. The smallest absolute Gasteiger partial charge is 0.261 e. The van der Waals surface area contributed by atoms with E-state index in [2.05, 4.69) is 5.32 Å². The number of ether oxygens (including phenoxy) is 1. The van der Waals surface area contributed by atoms with Crippen LogP contribution >= 0.6 is 11.6 Å². The SMILES string of the molecule is CC[C@@H](Oc1ccccc1Cl)C(=O)N[C@H]1C[C@H]2CC[C@H]1C2. The quantitative estimate of drug-likeness (QED) is 0.898. The van der Waals surface area contributed by atoms with Gasteiger partial charge in [-0.3, -0.25) is 4.79 Å². The van der Waals surface area contributed by atoms with Crippen molar-refractivity contribution >= 4 is 17.5 Å². The van der Waals surface area contributed by atoms with E-state index in [1.807, 2.05) is 19.1 Å². The molecule has 0 saturated heterocycles. The number of amides is 1. The number of hydrogen-bond acceptors (Lipinski definition) is 2. The van der Waals surface area contributed by atoms with Crippen molar-refractivity contribution in [3.63, 3.8) is 0 Å². The summed E-state index contributed by atoms with van der Waals surface area (Å²) in [6, 6.07) is 7.64. The van der Waals surface area contributed by atoms with Crippen molar-refractivity contribution in [1.82, 2.24) is 5.32 Å². The highest BCUT2D eigenvalue weighted by Crippen LogP contribution is 2.44. The van der Waals surface area contributed by atoms with Gasteiger partial charge in [0.2, 0.25) is 0 Å². The van der Waals surface area contributed by atoms with Gasteiger partial charge < -0.3 is 10.1 Å². The third kappa shape index (κ3) is 3.18. The molecule has 1 amide bonds. The lowest BCUT2D eigenvalue weighted by Gasteiger charge is -2.25. The number of carbonyl (C=O) groups excluding carboxylic acids is 1. The lowest BCUT2D eigenvalue weighted by atomic mass is 9.95. The van der Waals surface area contributed by atoms with E-state index in [9.17, 15) is 4.79 Å². The van der Waals surface area contributed by atoms with E-state index in [1.165, 1.54) is 19.3 Å². The summed E-state index contributed by atoms with van der Waals surface area (Å²) in [7, 11) is 0. The predicted molar refractivity (Wildman–Crippen MR) is 83.5 cm³/mol. The Bertz CT molecular complexity index is 519. The summed E-state index contributed by atoms with van der Waals surface area (Å²) in [5.41, 5.74) is 0. The number of carbonyl (C=O) groups is 1. The first-order chi connectivity index (χ1) is 10.2. The van der Waals surface area contributed by atoms with Gasteiger partial charge in [-0.2, -0.15) is 0 Å². The molecule has 2 bridgehead atoms. The molecule has 21 heavy (non-hydrogen) atoms. The average Bonchev–Trinajstić information content (AvgIpc) is 3.09. The number of benzene rings is 1. The monoisotopic (exact) mass is 307 g/mol. The number of nitrogens with one attached hydrogen (secondary N) is 1.